The monoisotopic (exact) mass is 379 g/mol. The number of likely N-dealkylation sites (tertiary alicyclic amines) is 1. The molecule has 0 aliphatic carbocycles. The molecule has 2 saturated heterocycles. The number of anilines is 1. The number of sulfone groups is 1. The van der Waals surface area contributed by atoms with Gasteiger partial charge in [0.2, 0.25) is 5.95 Å². The van der Waals surface area contributed by atoms with Crippen LogP contribution in [0.5, 0.6) is 0 Å². The number of carbonyl (C=O) groups is 1. The van der Waals surface area contributed by atoms with E-state index in [1.807, 2.05) is 0 Å². The molecular weight excluding hydrogens is 354 g/mol. The molecule has 142 valence electrons. The number of nitrogens with zero attached hydrogens (tertiary/aromatic N) is 4. The van der Waals surface area contributed by atoms with E-state index in [0.717, 1.165) is 25.2 Å². The van der Waals surface area contributed by atoms with Crippen molar-refractivity contribution in [1.29, 1.82) is 0 Å². The SMILES string of the molecule is CNC(=O)N1C[C@@H]2c3nc(N4CCC[C@@H](C)C4)ncc3CS(=O)(=O)[C@@H]2C1. The molecule has 8 nitrogen and oxygen atoms in total. The zero-order chi connectivity index (χ0) is 18.5. The van der Waals surface area contributed by atoms with E-state index >= 15 is 0 Å². The van der Waals surface area contributed by atoms with Gasteiger partial charge in [0, 0.05) is 50.9 Å². The minimum absolute atomic E-state index is 0.0399. The first-order valence-electron chi connectivity index (χ1n) is 9.18. The maximum absolute atomic E-state index is 12.7. The molecule has 1 N–H and O–H groups in total. The van der Waals surface area contributed by atoms with Crippen molar-refractivity contribution in [2.24, 2.45) is 5.92 Å². The van der Waals surface area contributed by atoms with Gasteiger partial charge in [-0.2, -0.15) is 0 Å². The van der Waals surface area contributed by atoms with Crippen LogP contribution in [0.15, 0.2) is 6.20 Å². The molecule has 26 heavy (non-hydrogen) atoms. The summed E-state index contributed by atoms with van der Waals surface area (Å²) in [6.45, 7) is 4.69. The maximum atomic E-state index is 12.7. The third kappa shape index (κ3) is 2.91. The maximum Gasteiger partial charge on any atom is 0.317 e. The standard InChI is InChI=1S/C17H25N5O3S/c1-11-4-3-5-21(7-11)16-19-6-12-10-26(24,25)14-9-22(17(23)18-2)8-13(14)15(12)20-16/h6,11,13-14H,3-5,7-10H2,1-2H3,(H,18,23)/t11-,13+,14-/m1/s1. The molecule has 0 spiro atoms. The van der Waals surface area contributed by atoms with Crippen LogP contribution in [0.3, 0.4) is 0 Å². The van der Waals surface area contributed by atoms with Crippen LogP contribution in [-0.4, -0.2) is 67.8 Å². The van der Waals surface area contributed by atoms with Crippen molar-refractivity contribution in [3.05, 3.63) is 17.5 Å². The van der Waals surface area contributed by atoms with E-state index < -0.39 is 15.1 Å². The lowest BCUT2D eigenvalue weighted by Crippen LogP contribution is -2.38. The van der Waals surface area contributed by atoms with Crippen molar-refractivity contribution >= 4 is 21.8 Å². The Labute approximate surface area is 153 Å². The Bertz CT molecular complexity index is 828. The first-order chi connectivity index (χ1) is 12.4. The van der Waals surface area contributed by atoms with E-state index in [0.29, 0.717) is 24.0 Å². The quantitative estimate of drug-likeness (QED) is 0.774. The molecule has 3 aliphatic rings. The van der Waals surface area contributed by atoms with Crippen LogP contribution in [0.2, 0.25) is 0 Å². The van der Waals surface area contributed by atoms with E-state index in [4.69, 9.17) is 4.98 Å². The minimum atomic E-state index is -3.31. The van der Waals surface area contributed by atoms with Crippen LogP contribution in [0.1, 0.15) is 36.9 Å². The van der Waals surface area contributed by atoms with Gasteiger partial charge in [-0.05, 0) is 18.8 Å². The smallest absolute Gasteiger partial charge is 0.317 e. The summed E-state index contributed by atoms with van der Waals surface area (Å²) in [6.07, 6.45) is 4.01. The Morgan fingerprint density at radius 2 is 2.12 bits per heavy atom. The highest BCUT2D eigenvalue weighted by atomic mass is 32.2. The molecule has 0 unspecified atom stereocenters. The van der Waals surface area contributed by atoms with Crippen molar-refractivity contribution < 1.29 is 13.2 Å². The summed E-state index contributed by atoms with van der Waals surface area (Å²) >= 11 is 0. The first kappa shape index (κ1) is 17.5. The molecule has 9 heteroatoms. The number of aromatic nitrogens is 2. The zero-order valence-electron chi connectivity index (χ0n) is 15.2. The van der Waals surface area contributed by atoms with Crippen LogP contribution < -0.4 is 10.2 Å². The largest absolute Gasteiger partial charge is 0.341 e. The number of carbonyl (C=O) groups excluding carboxylic acids is 1. The van der Waals surface area contributed by atoms with Gasteiger partial charge in [0.25, 0.3) is 0 Å². The molecule has 3 aliphatic heterocycles. The number of nitrogens with one attached hydrogen (secondary N) is 1. The molecule has 2 fully saturated rings. The van der Waals surface area contributed by atoms with Crippen LogP contribution >= 0.6 is 0 Å². The second-order valence-corrected chi connectivity index (χ2v) is 9.91. The fourth-order valence-corrected chi connectivity index (χ4v) is 6.41. The average Bonchev–Trinajstić information content (AvgIpc) is 3.07. The lowest BCUT2D eigenvalue weighted by molar-refractivity contribution is 0.210. The molecule has 3 atom stereocenters. The van der Waals surface area contributed by atoms with Gasteiger partial charge in [-0.3, -0.25) is 0 Å². The van der Waals surface area contributed by atoms with Gasteiger partial charge >= 0.3 is 6.03 Å². The van der Waals surface area contributed by atoms with Crippen molar-refractivity contribution in [3.8, 4) is 0 Å². The molecule has 1 aromatic heterocycles. The predicted octanol–water partition coefficient (Wildman–Crippen LogP) is 0.748. The van der Waals surface area contributed by atoms with Crippen molar-refractivity contribution in [3.63, 3.8) is 0 Å². The van der Waals surface area contributed by atoms with Crippen molar-refractivity contribution in [1.82, 2.24) is 20.2 Å². The molecule has 0 bridgehead atoms. The van der Waals surface area contributed by atoms with Gasteiger partial charge in [0.15, 0.2) is 9.84 Å². The highest BCUT2D eigenvalue weighted by Gasteiger charge is 2.48. The second kappa shape index (κ2) is 6.37. The van der Waals surface area contributed by atoms with Crippen LogP contribution in [-0.2, 0) is 15.6 Å². The topological polar surface area (TPSA) is 95.5 Å². The number of fused-ring (bicyclic) bond motifs is 3. The highest BCUT2D eigenvalue weighted by Crippen LogP contribution is 2.39. The van der Waals surface area contributed by atoms with Crippen molar-refractivity contribution in [2.75, 3.05) is 38.1 Å². The van der Waals surface area contributed by atoms with E-state index in [9.17, 15) is 13.2 Å². The number of piperidine rings is 1. The first-order valence-corrected chi connectivity index (χ1v) is 10.9. The Balaban J connectivity index is 1.69. The summed E-state index contributed by atoms with van der Waals surface area (Å²) in [5, 5.41) is 2.01. The summed E-state index contributed by atoms with van der Waals surface area (Å²) in [5.74, 6) is 0.977. The Morgan fingerprint density at radius 1 is 1.31 bits per heavy atom. The van der Waals surface area contributed by atoms with E-state index in [1.54, 1.807) is 18.1 Å². The van der Waals surface area contributed by atoms with Crippen LogP contribution in [0.25, 0.3) is 0 Å². The molecule has 4 heterocycles. The van der Waals surface area contributed by atoms with Gasteiger partial charge in [-0.15, -0.1) is 0 Å². The normalized spacial score (nSPS) is 29.8. The number of urea groups is 1. The molecular formula is C17H25N5O3S. The van der Waals surface area contributed by atoms with E-state index in [-0.39, 0.29) is 24.2 Å². The Morgan fingerprint density at radius 3 is 2.85 bits per heavy atom. The zero-order valence-corrected chi connectivity index (χ0v) is 16.0. The Kier molecular flexibility index (Phi) is 4.29. The van der Waals surface area contributed by atoms with Crippen LogP contribution in [0, 0.1) is 5.92 Å². The predicted molar refractivity (Wildman–Crippen MR) is 97.8 cm³/mol. The molecule has 4 rings (SSSR count). The lowest BCUT2D eigenvalue weighted by atomic mass is 9.99. The Hall–Kier alpha value is -1.90. The van der Waals surface area contributed by atoms with Crippen LogP contribution in [0.4, 0.5) is 10.7 Å². The summed E-state index contributed by atoms with van der Waals surface area (Å²) in [7, 11) is -1.75. The fourth-order valence-electron chi connectivity index (χ4n) is 4.41. The van der Waals surface area contributed by atoms with Gasteiger partial charge in [0.05, 0.1) is 16.7 Å². The summed E-state index contributed by atoms with van der Waals surface area (Å²) in [6, 6.07) is -0.240. The molecule has 0 aromatic carbocycles. The second-order valence-electron chi connectivity index (χ2n) is 7.69. The third-order valence-corrected chi connectivity index (χ3v) is 7.88. The number of rotatable bonds is 1. The molecule has 2 amide bonds. The van der Waals surface area contributed by atoms with E-state index in [1.165, 1.54) is 6.42 Å². The summed E-state index contributed by atoms with van der Waals surface area (Å²) in [5.41, 5.74) is 1.48. The van der Waals surface area contributed by atoms with Crippen molar-refractivity contribution in [2.45, 2.75) is 36.7 Å². The van der Waals surface area contributed by atoms with Gasteiger partial charge in [-0.1, -0.05) is 6.92 Å². The van der Waals surface area contributed by atoms with Gasteiger partial charge < -0.3 is 15.1 Å². The van der Waals surface area contributed by atoms with E-state index in [2.05, 4.69) is 22.1 Å². The molecule has 0 saturated carbocycles. The number of hydrogen-bond acceptors (Lipinski definition) is 6. The summed E-state index contributed by atoms with van der Waals surface area (Å²) in [4.78, 5) is 25.0. The molecule has 1 aromatic rings. The minimum Gasteiger partial charge on any atom is -0.341 e. The highest BCUT2D eigenvalue weighted by molar-refractivity contribution is 7.91. The summed E-state index contributed by atoms with van der Waals surface area (Å²) < 4.78 is 25.4. The van der Waals surface area contributed by atoms with Gasteiger partial charge in [-0.25, -0.2) is 23.2 Å². The van der Waals surface area contributed by atoms with Gasteiger partial charge in [0.1, 0.15) is 0 Å². The number of amides is 2. The lowest BCUT2D eigenvalue weighted by Gasteiger charge is -2.32. The number of hydrogen-bond donors (Lipinski definition) is 1. The fraction of sp³-hybridized carbons (Fsp3) is 0.706. The average molecular weight is 379 g/mol. The third-order valence-electron chi connectivity index (χ3n) is 5.76. The molecule has 0 radical (unpaired) electrons.